The van der Waals surface area contributed by atoms with Gasteiger partial charge in [-0.3, -0.25) is 19.1 Å². The first-order valence-electron chi connectivity index (χ1n) is 11.5. The number of ether oxygens (including phenoxy) is 1. The summed E-state index contributed by atoms with van der Waals surface area (Å²) in [5.41, 5.74) is 1.84. The van der Waals surface area contributed by atoms with Gasteiger partial charge in [-0.15, -0.1) is 0 Å². The van der Waals surface area contributed by atoms with Gasteiger partial charge in [-0.1, -0.05) is 23.7 Å². The summed E-state index contributed by atoms with van der Waals surface area (Å²) >= 11 is 5.90. The number of carbonyl (C=O) groups excluding carboxylic acids is 3. The summed E-state index contributed by atoms with van der Waals surface area (Å²) in [6, 6.07) is 7.08. The van der Waals surface area contributed by atoms with Crippen molar-refractivity contribution in [3.05, 3.63) is 51.8 Å². The zero-order chi connectivity index (χ0) is 26.5. The highest BCUT2D eigenvalue weighted by molar-refractivity contribution is 7.95. The van der Waals surface area contributed by atoms with Crippen molar-refractivity contribution in [2.75, 3.05) is 20.2 Å². The monoisotopic (exact) mass is 536 g/mol. The van der Waals surface area contributed by atoms with E-state index in [0.717, 1.165) is 12.7 Å². The van der Waals surface area contributed by atoms with Crippen LogP contribution in [0.15, 0.2) is 24.3 Å². The molecule has 12 heteroatoms. The maximum absolute atomic E-state index is 13.4. The Kier molecular flexibility index (Phi) is 6.67. The number of methoxy groups -OCH3 is 1. The molecule has 0 atom stereocenters. The van der Waals surface area contributed by atoms with Crippen molar-refractivity contribution in [3.63, 3.8) is 0 Å². The molecule has 1 aliphatic heterocycles. The van der Waals surface area contributed by atoms with E-state index >= 15 is 0 Å². The van der Waals surface area contributed by atoms with Crippen LogP contribution < -0.4 is 5.32 Å². The van der Waals surface area contributed by atoms with Crippen LogP contribution in [0.5, 0.6) is 0 Å². The molecule has 0 spiro atoms. The standard InChI is InChI=1S/C24H29ClN4O6S/c1-23(2,22(32)35-4)36(33,34)24(10-11-24)14-29-12-9-17-18(27-28(3)19(17)21(29)31)20(30)26-13-15-5-7-16(25)8-6-15/h5-8H,9-14H2,1-4H3,(H,26,30). The Morgan fingerprint density at radius 3 is 2.44 bits per heavy atom. The molecule has 1 fully saturated rings. The molecule has 1 saturated carbocycles. The second kappa shape index (κ2) is 9.19. The topological polar surface area (TPSA) is 128 Å². The minimum atomic E-state index is -3.96. The van der Waals surface area contributed by atoms with Crippen molar-refractivity contribution in [2.45, 2.75) is 49.1 Å². The summed E-state index contributed by atoms with van der Waals surface area (Å²) in [6.07, 6.45) is 1.07. The van der Waals surface area contributed by atoms with Gasteiger partial charge in [0.05, 0.1) is 11.9 Å². The number of sulfone groups is 1. The lowest BCUT2D eigenvalue weighted by Gasteiger charge is -2.34. The number of amides is 2. The van der Waals surface area contributed by atoms with Crippen LogP contribution in [-0.2, 0) is 39.4 Å². The number of aromatic nitrogens is 2. The van der Waals surface area contributed by atoms with Crippen molar-refractivity contribution in [2.24, 2.45) is 7.05 Å². The average Bonchev–Trinajstić information content (AvgIpc) is 3.56. The van der Waals surface area contributed by atoms with Crippen molar-refractivity contribution in [1.82, 2.24) is 20.0 Å². The van der Waals surface area contributed by atoms with Crippen molar-refractivity contribution in [1.29, 1.82) is 0 Å². The normalized spacial score (nSPS) is 16.9. The van der Waals surface area contributed by atoms with Gasteiger partial charge < -0.3 is 15.0 Å². The Hall–Kier alpha value is -2.92. The van der Waals surface area contributed by atoms with Gasteiger partial charge in [0.1, 0.15) is 5.69 Å². The van der Waals surface area contributed by atoms with Gasteiger partial charge in [0.2, 0.25) is 0 Å². The average molecular weight is 537 g/mol. The van der Waals surface area contributed by atoms with Crippen LogP contribution >= 0.6 is 11.6 Å². The van der Waals surface area contributed by atoms with E-state index in [0.29, 0.717) is 29.8 Å². The number of nitrogens with one attached hydrogen (secondary N) is 1. The number of esters is 1. The molecule has 0 radical (unpaired) electrons. The number of halogens is 1. The summed E-state index contributed by atoms with van der Waals surface area (Å²) in [5, 5.41) is 7.71. The third kappa shape index (κ3) is 4.28. The van der Waals surface area contributed by atoms with Gasteiger partial charge in [-0.2, -0.15) is 5.10 Å². The van der Waals surface area contributed by atoms with Crippen LogP contribution in [0.1, 0.15) is 58.8 Å². The number of benzene rings is 1. The van der Waals surface area contributed by atoms with Crippen molar-refractivity contribution < 1.29 is 27.5 Å². The Morgan fingerprint density at radius 2 is 1.86 bits per heavy atom. The summed E-state index contributed by atoms with van der Waals surface area (Å²) in [5.74, 6) is -1.62. The van der Waals surface area contributed by atoms with E-state index in [1.165, 1.54) is 23.4 Å². The van der Waals surface area contributed by atoms with Crippen LogP contribution in [0.25, 0.3) is 0 Å². The zero-order valence-electron chi connectivity index (χ0n) is 20.6. The van der Waals surface area contributed by atoms with Gasteiger partial charge in [-0.05, 0) is 50.8 Å². The lowest BCUT2D eigenvalue weighted by molar-refractivity contribution is -0.142. The number of carbonyl (C=O) groups is 3. The Bertz CT molecular complexity index is 1330. The predicted molar refractivity (Wildman–Crippen MR) is 132 cm³/mol. The van der Waals surface area contributed by atoms with Gasteiger partial charge in [-0.25, -0.2) is 8.42 Å². The van der Waals surface area contributed by atoms with E-state index in [1.807, 2.05) is 0 Å². The molecular weight excluding hydrogens is 508 g/mol. The molecule has 0 unspecified atom stereocenters. The fourth-order valence-corrected chi connectivity index (χ4v) is 7.14. The van der Waals surface area contributed by atoms with E-state index in [4.69, 9.17) is 16.3 Å². The second-order valence-electron chi connectivity index (χ2n) is 9.77. The summed E-state index contributed by atoms with van der Waals surface area (Å²) < 4.78 is 30.0. The summed E-state index contributed by atoms with van der Waals surface area (Å²) in [4.78, 5) is 40.0. The molecule has 0 bridgehead atoms. The summed E-state index contributed by atoms with van der Waals surface area (Å²) in [6.45, 7) is 3.15. The maximum atomic E-state index is 13.4. The Morgan fingerprint density at radius 1 is 1.22 bits per heavy atom. The number of rotatable bonds is 8. The van der Waals surface area contributed by atoms with E-state index in [-0.39, 0.29) is 36.9 Å². The molecule has 4 rings (SSSR count). The number of nitrogens with zero attached hydrogens (tertiary/aromatic N) is 3. The van der Waals surface area contributed by atoms with Crippen LogP contribution in [0.2, 0.25) is 5.02 Å². The largest absolute Gasteiger partial charge is 0.468 e. The lowest BCUT2D eigenvalue weighted by atomic mass is 10.0. The molecule has 2 aromatic rings. The molecule has 36 heavy (non-hydrogen) atoms. The van der Waals surface area contributed by atoms with Gasteiger partial charge >= 0.3 is 5.97 Å². The third-order valence-electron chi connectivity index (χ3n) is 7.05. The first-order valence-corrected chi connectivity index (χ1v) is 13.4. The smallest absolute Gasteiger partial charge is 0.326 e. The van der Waals surface area contributed by atoms with Gasteiger partial charge in [0, 0.05) is 37.3 Å². The molecule has 2 aliphatic rings. The van der Waals surface area contributed by atoms with Crippen LogP contribution in [0.3, 0.4) is 0 Å². The summed E-state index contributed by atoms with van der Waals surface area (Å²) in [7, 11) is -1.22. The molecule has 1 aliphatic carbocycles. The quantitative estimate of drug-likeness (QED) is 0.510. The zero-order valence-corrected chi connectivity index (χ0v) is 22.2. The highest BCUT2D eigenvalue weighted by Crippen LogP contribution is 2.49. The van der Waals surface area contributed by atoms with Gasteiger partial charge in [0.25, 0.3) is 11.8 Å². The first-order chi connectivity index (χ1) is 16.8. The minimum absolute atomic E-state index is 0.0304. The Balaban J connectivity index is 1.51. The molecule has 2 amide bonds. The number of fused-ring (bicyclic) bond motifs is 1. The molecule has 194 valence electrons. The van der Waals surface area contributed by atoms with E-state index < -0.39 is 31.2 Å². The van der Waals surface area contributed by atoms with E-state index in [1.54, 1.807) is 31.3 Å². The molecular formula is C24H29ClN4O6S. The highest BCUT2D eigenvalue weighted by atomic mass is 35.5. The molecule has 1 N–H and O–H groups in total. The molecule has 10 nitrogen and oxygen atoms in total. The number of hydrogen-bond acceptors (Lipinski definition) is 7. The number of aryl methyl sites for hydroxylation is 1. The molecule has 2 heterocycles. The van der Waals surface area contributed by atoms with Crippen molar-refractivity contribution in [3.8, 4) is 0 Å². The maximum Gasteiger partial charge on any atom is 0.326 e. The SMILES string of the molecule is COC(=O)C(C)(C)S(=O)(=O)C1(CN2CCc3c(C(=O)NCc4ccc(Cl)cc4)nn(C)c3C2=O)CC1. The Labute approximate surface area is 214 Å². The number of hydrogen-bond donors (Lipinski definition) is 1. The van der Waals surface area contributed by atoms with E-state index in [9.17, 15) is 22.8 Å². The fraction of sp³-hybridized carbons (Fsp3) is 0.500. The molecule has 1 aromatic heterocycles. The van der Waals surface area contributed by atoms with Crippen LogP contribution in [0.4, 0.5) is 0 Å². The minimum Gasteiger partial charge on any atom is -0.468 e. The van der Waals surface area contributed by atoms with Crippen LogP contribution in [0, 0.1) is 0 Å². The van der Waals surface area contributed by atoms with Gasteiger partial charge in [0.15, 0.2) is 20.3 Å². The fourth-order valence-electron chi connectivity index (χ4n) is 4.67. The third-order valence-corrected chi connectivity index (χ3v) is 10.5. The first kappa shape index (κ1) is 26.2. The second-order valence-corrected chi connectivity index (χ2v) is 13.1. The van der Waals surface area contributed by atoms with Crippen LogP contribution in [-0.4, -0.2) is 70.6 Å². The molecule has 0 saturated heterocycles. The van der Waals surface area contributed by atoms with Crippen molar-refractivity contribution >= 4 is 39.2 Å². The molecule has 1 aromatic carbocycles. The van der Waals surface area contributed by atoms with E-state index in [2.05, 4.69) is 10.4 Å². The predicted octanol–water partition coefficient (Wildman–Crippen LogP) is 1.90. The lowest BCUT2D eigenvalue weighted by Crippen LogP contribution is -2.53. The highest BCUT2D eigenvalue weighted by Gasteiger charge is 2.63.